The first-order valence-corrected chi connectivity index (χ1v) is 8.15. The average molecular weight is 288 g/mol. The van der Waals surface area contributed by atoms with Crippen molar-refractivity contribution in [2.24, 2.45) is 5.73 Å². The lowest BCUT2D eigenvalue weighted by Gasteiger charge is -2.24. The molecule has 2 heterocycles. The van der Waals surface area contributed by atoms with Crippen LogP contribution in [0.4, 0.5) is 0 Å². The summed E-state index contributed by atoms with van der Waals surface area (Å²) in [5.41, 5.74) is 7.05. The van der Waals surface area contributed by atoms with E-state index >= 15 is 0 Å². The van der Waals surface area contributed by atoms with Crippen LogP contribution in [0.5, 0.6) is 0 Å². The van der Waals surface area contributed by atoms with Crippen molar-refractivity contribution in [3.05, 3.63) is 56.6 Å². The molecule has 1 atom stereocenters. The minimum absolute atomic E-state index is 0.0836. The number of thiophene rings is 1. The summed E-state index contributed by atoms with van der Waals surface area (Å²) in [6, 6.07) is 7.84. The molecule has 0 aliphatic heterocycles. The topological polar surface area (TPSA) is 48.0 Å². The zero-order chi connectivity index (χ0) is 13.9. The fourth-order valence-electron chi connectivity index (χ4n) is 3.03. The quantitative estimate of drug-likeness (QED) is 0.940. The fraction of sp³-hybridized carbons (Fsp3) is 0.438. The minimum atomic E-state index is -0.307. The van der Waals surface area contributed by atoms with Gasteiger partial charge in [-0.05, 0) is 30.4 Å². The second-order valence-corrected chi connectivity index (χ2v) is 6.44. The van der Waals surface area contributed by atoms with Crippen LogP contribution in [0, 0.1) is 0 Å². The average Bonchev–Trinajstić information content (AvgIpc) is 3.02. The molecule has 20 heavy (non-hydrogen) atoms. The Labute approximate surface area is 123 Å². The third-order valence-corrected chi connectivity index (χ3v) is 5.11. The molecule has 0 spiro atoms. The molecule has 2 aromatic rings. The molecule has 0 radical (unpaired) electrons. The second kappa shape index (κ2) is 5.94. The third kappa shape index (κ3) is 2.58. The van der Waals surface area contributed by atoms with Crippen LogP contribution >= 0.6 is 11.3 Å². The summed E-state index contributed by atoms with van der Waals surface area (Å²) in [6.07, 6.45) is 7.87. The summed E-state index contributed by atoms with van der Waals surface area (Å²) in [6.45, 7) is 0. The molecular formula is C16H20N2OS. The molecule has 4 heteroatoms. The fourth-order valence-corrected chi connectivity index (χ4v) is 3.78. The Morgan fingerprint density at radius 1 is 1.20 bits per heavy atom. The Balaban J connectivity index is 1.95. The summed E-state index contributed by atoms with van der Waals surface area (Å²) in [5.74, 6) is 0. The highest BCUT2D eigenvalue weighted by Gasteiger charge is 2.20. The van der Waals surface area contributed by atoms with Crippen LogP contribution in [0.1, 0.15) is 54.6 Å². The number of nitrogens with zero attached hydrogens (tertiary/aromatic N) is 1. The first-order valence-electron chi connectivity index (χ1n) is 7.27. The van der Waals surface area contributed by atoms with Gasteiger partial charge in [-0.1, -0.05) is 31.4 Å². The first kappa shape index (κ1) is 13.6. The van der Waals surface area contributed by atoms with Gasteiger partial charge >= 0.3 is 0 Å². The molecule has 0 amide bonds. The van der Waals surface area contributed by atoms with Crippen molar-refractivity contribution in [2.45, 2.75) is 44.2 Å². The highest BCUT2D eigenvalue weighted by Crippen LogP contribution is 2.27. The van der Waals surface area contributed by atoms with E-state index in [-0.39, 0.29) is 11.6 Å². The molecule has 2 N–H and O–H groups in total. The predicted molar refractivity (Wildman–Crippen MR) is 83.2 cm³/mol. The molecule has 3 rings (SSSR count). The van der Waals surface area contributed by atoms with E-state index in [1.54, 1.807) is 11.3 Å². The van der Waals surface area contributed by atoms with Crippen LogP contribution in [0.25, 0.3) is 0 Å². The Hall–Kier alpha value is -1.39. The monoisotopic (exact) mass is 288 g/mol. The van der Waals surface area contributed by atoms with Crippen molar-refractivity contribution in [1.82, 2.24) is 4.57 Å². The molecule has 106 valence electrons. The summed E-state index contributed by atoms with van der Waals surface area (Å²) in [7, 11) is 0. The van der Waals surface area contributed by atoms with Crippen molar-refractivity contribution in [2.75, 3.05) is 0 Å². The predicted octanol–water partition coefficient (Wildman–Crippen LogP) is 3.46. The summed E-state index contributed by atoms with van der Waals surface area (Å²) in [4.78, 5) is 13.7. The number of rotatable bonds is 3. The molecule has 1 unspecified atom stereocenters. The summed E-state index contributed by atoms with van der Waals surface area (Å²) < 4.78 is 1.90. The number of aromatic nitrogens is 1. The van der Waals surface area contributed by atoms with E-state index < -0.39 is 0 Å². The van der Waals surface area contributed by atoms with Gasteiger partial charge in [-0.2, -0.15) is 0 Å². The molecule has 1 aliphatic carbocycles. The molecule has 0 aromatic carbocycles. The smallest absolute Gasteiger partial charge is 0.255 e. The Morgan fingerprint density at radius 2 is 2.00 bits per heavy atom. The maximum Gasteiger partial charge on any atom is 0.255 e. The number of hydrogen-bond acceptors (Lipinski definition) is 3. The standard InChI is InChI=1S/C16H20N2OS/c17-15(14-9-5-11-20-14)13-8-4-10-18(16(13)19)12-6-2-1-3-7-12/h4-5,8-12,15H,1-3,6-7,17H2. The summed E-state index contributed by atoms with van der Waals surface area (Å²) >= 11 is 1.60. The van der Waals surface area contributed by atoms with E-state index in [0.717, 1.165) is 17.7 Å². The number of nitrogens with two attached hydrogens (primary N) is 1. The van der Waals surface area contributed by atoms with Gasteiger partial charge in [0.2, 0.25) is 0 Å². The van der Waals surface area contributed by atoms with E-state index in [1.807, 2.05) is 40.4 Å². The lowest BCUT2D eigenvalue weighted by Crippen LogP contribution is -2.31. The van der Waals surface area contributed by atoms with Crippen LogP contribution in [-0.4, -0.2) is 4.57 Å². The van der Waals surface area contributed by atoms with Crippen LogP contribution in [0.3, 0.4) is 0 Å². The highest BCUT2D eigenvalue weighted by molar-refractivity contribution is 7.10. The molecule has 1 aliphatic rings. The van der Waals surface area contributed by atoms with Crippen molar-refractivity contribution >= 4 is 11.3 Å². The van der Waals surface area contributed by atoms with Gasteiger partial charge in [0.1, 0.15) is 0 Å². The van der Waals surface area contributed by atoms with Crippen molar-refractivity contribution in [1.29, 1.82) is 0 Å². The number of pyridine rings is 1. The zero-order valence-electron chi connectivity index (χ0n) is 11.5. The molecule has 1 saturated carbocycles. The van der Waals surface area contributed by atoms with Gasteiger partial charge in [0.25, 0.3) is 5.56 Å². The third-order valence-electron chi connectivity index (χ3n) is 4.16. The maximum absolute atomic E-state index is 12.7. The van der Waals surface area contributed by atoms with Gasteiger partial charge in [-0.3, -0.25) is 4.79 Å². The summed E-state index contributed by atoms with van der Waals surface area (Å²) in [5, 5.41) is 2.00. The molecule has 0 bridgehead atoms. The Bertz CT molecular complexity index is 612. The SMILES string of the molecule is NC(c1cccs1)c1cccn(C2CCCCC2)c1=O. The lowest BCUT2D eigenvalue weighted by atomic mass is 9.95. The van der Waals surface area contributed by atoms with Crippen molar-refractivity contribution in [3.8, 4) is 0 Å². The van der Waals surface area contributed by atoms with Crippen molar-refractivity contribution in [3.63, 3.8) is 0 Å². The van der Waals surface area contributed by atoms with Gasteiger partial charge in [-0.25, -0.2) is 0 Å². The van der Waals surface area contributed by atoms with Crippen LogP contribution < -0.4 is 11.3 Å². The van der Waals surface area contributed by atoms with Gasteiger partial charge in [0.05, 0.1) is 6.04 Å². The molecule has 3 nitrogen and oxygen atoms in total. The minimum Gasteiger partial charge on any atom is -0.319 e. The molecule has 0 saturated heterocycles. The van der Waals surface area contributed by atoms with Gasteiger partial charge in [-0.15, -0.1) is 11.3 Å². The number of hydrogen-bond donors (Lipinski definition) is 1. The van der Waals surface area contributed by atoms with Gasteiger partial charge in [0.15, 0.2) is 0 Å². The van der Waals surface area contributed by atoms with Crippen molar-refractivity contribution < 1.29 is 0 Å². The highest BCUT2D eigenvalue weighted by atomic mass is 32.1. The molecule has 2 aromatic heterocycles. The molecular weight excluding hydrogens is 268 g/mol. The Morgan fingerprint density at radius 3 is 2.70 bits per heavy atom. The first-order chi connectivity index (χ1) is 9.77. The van der Waals surface area contributed by atoms with Crippen LogP contribution in [0.15, 0.2) is 40.6 Å². The second-order valence-electron chi connectivity index (χ2n) is 5.46. The van der Waals surface area contributed by atoms with Crippen LogP contribution in [0.2, 0.25) is 0 Å². The van der Waals surface area contributed by atoms with E-state index in [9.17, 15) is 4.79 Å². The van der Waals surface area contributed by atoms with E-state index in [0.29, 0.717) is 11.6 Å². The van der Waals surface area contributed by atoms with E-state index in [4.69, 9.17) is 5.73 Å². The lowest BCUT2D eigenvalue weighted by molar-refractivity contribution is 0.345. The van der Waals surface area contributed by atoms with Gasteiger partial charge < -0.3 is 10.3 Å². The van der Waals surface area contributed by atoms with Crippen LogP contribution in [-0.2, 0) is 0 Å². The van der Waals surface area contributed by atoms with Gasteiger partial charge in [0, 0.05) is 22.7 Å². The molecule has 1 fully saturated rings. The largest absolute Gasteiger partial charge is 0.319 e. The zero-order valence-corrected chi connectivity index (χ0v) is 12.3. The van der Waals surface area contributed by atoms with E-state index in [2.05, 4.69) is 0 Å². The van der Waals surface area contributed by atoms with E-state index in [1.165, 1.54) is 19.3 Å². The Kier molecular flexibility index (Phi) is 4.03. The normalized spacial score (nSPS) is 18.1. The maximum atomic E-state index is 12.7.